The SMILES string of the molecule is COc1cc([C@H]2[C@@H]3CCCC[C@@]3(O)CCN2CC(=O)Nc2ccccc2)cc(OC)c1OC. The van der Waals surface area contributed by atoms with Crippen molar-refractivity contribution < 1.29 is 24.1 Å². The van der Waals surface area contributed by atoms with Crippen LogP contribution in [0.1, 0.15) is 43.7 Å². The second kappa shape index (κ2) is 10.0. The molecular formula is C26H34N2O5. The number of ether oxygens (including phenoxy) is 3. The molecule has 0 spiro atoms. The van der Waals surface area contributed by atoms with Crippen molar-refractivity contribution in [2.75, 3.05) is 39.7 Å². The number of piperidine rings is 1. The molecule has 0 radical (unpaired) electrons. The van der Waals surface area contributed by atoms with Crippen LogP contribution in [-0.2, 0) is 4.79 Å². The molecule has 2 aromatic rings. The Labute approximate surface area is 195 Å². The Morgan fingerprint density at radius 1 is 1.06 bits per heavy atom. The maximum Gasteiger partial charge on any atom is 0.238 e. The van der Waals surface area contributed by atoms with E-state index in [2.05, 4.69) is 10.2 Å². The fourth-order valence-electron chi connectivity index (χ4n) is 5.54. The first-order chi connectivity index (χ1) is 16.0. The highest BCUT2D eigenvalue weighted by molar-refractivity contribution is 5.92. The lowest BCUT2D eigenvalue weighted by atomic mass is 9.66. The summed E-state index contributed by atoms with van der Waals surface area (Å²) < 4.78 is 16.7. The number of aliphatic hydroxyl groups is 1. The molecule has 33 heavy (non-hydrogen) atoms. The van der Waals surface area contributed by atoms with Gasteiger partial charge in [-0.25, -0.2) is 0 Å². The van der Waals surface area contributed by atoms with E-state index in [0.29, 0.717) is 30.2 Å². The predicted molar refractivity (Wildman–Crippen MR) is 127 cm³/mol. The minimum absolute atomic E-state index is 0.0207. The summed E-state index contributed by atoms with van der Waals surface area (Å²) in [6.45, 7) is 0.874. The Balaban J connectivity index is 1.68. The zero-order valence-corrected chi connectivity index (χ0v) is 19.7. The molecule has 1 aliphatic carbocycles. The third-order valence-electron chi connectivity index (χ3n) is 7.10. The topological polar surface area (TPSA) is 80.3 Å². The van der Waals surface area contributed by atoms with Crippen LogP contribution in [0, 0.1) is 5.92 Å². The van der Waals surface area contributed by atoms with Gasteiger partial charge in [-0.3, -0.25) is 9.69 Å². The van der Waals surface area contributed by atoms with E-state index in [1.807, 2.05) is 42.5 Å². The van der Waals surface area contributed by atoms with Crippen molar-refractivity contribution in [3.05, 3.63) is 48.0 Å². The first-order valence-corrected chi connectivity index (χ1v) is 11.6. The van der Waals surface area contributed by atoms with Gasteiger partial charge in [-0.05, 0) is 49.1 Å². The zero-order chi connectivity index (χ0) is 23.4. The molecule has 0 unspecified atom stereocenters. The van der Waals surface area contributed by atoms with E-state index in [1.54, 1.807) is 21.3 Å². The van der Waals surface area contributed by atoms with Crippen molar-refractivity contribution in [2.45, 2.75) is 43.7 Å². The molecule has 2 aromatic carbocycles. The second-order valence-corrected chi connectivity index (χ2v) is 8.99. The van der Waals surface area contributed by atoms with Crippen LogP contribution in [0.25, 0.3) is 0 Å². The summed E-state index contributed by atoms with van der Waals surface area (Å²) in [5, 5.41) is 14.5. The van der Waals surface area contributed by atoms with E-state index in [0.717, 1.165) is 36.9 Å². The number of methoxy groups -OCH3 is 3. The van der Waals surface area contributed by atoms with E-state index >= 15 is 0 Å². The van der Waals surface area contributed by atoms with Crippen LogP contribution in [0.15, 0.2) is 42.5 Å². The molecule has 1 amide bonds. The van der Waals surface area contributed by atoms with Gasteiger partial charge in [0, 0.05) is 24.2 Å². The average Bonchev–Trinajstić information content (AvgIpc) is 2.83. The van der Waals surface area contributed by atoms with Crippen LogP contribution in [0.2, 0.25) is 0 Å². The molecule has 2 N–H and O–H groups in total. The monoisotopic (exact) mass is 454 g/mol. The van der Waals surface area contributed by atoms with Crippen molar-refractivity contribution >= 4 is 11.6 Å². The van der Waals surface area contributed by atoms with E-state index in [-0.39, 0.29) is 24.4 Å². The number of amides is 1. The number of para-hydroxylation sites is 1. The highest BCUT2D eigenvalue weighted by Gasteiger charge is 2.49. The van der Waals surface area contributed by atoms with Gasteiger partial charge in [0.2, 0.25) is 11.7 Å². The summed E-state index contributed by atoms with van der Waals surface area (Å²) in [5.74, 6) is 1.63. The number of carbonyl (C=O) groups excluding carboxylic acids is 1. The number of anilines is 1. The van der Waals surface area contributed by atoms with Gasteiger partial charge in [0.25, 0.3) is 0 Å². The Morgan fingerprint density at radius 3 is 2.39 bits per heavy atom. The van der Waals surface area contributed by atoms with Crippen LogP contribution >= 0.6 is 0 Å². The summed E-state index contributed by atoms with van der Waals surface area (Å²) in [6.07, 6.45) is 4.47. The number of likely N-dealkylation sites (tertiary alicyclic amines) is 1. The summed E-state index contributed by atoms with van der Waals surface area (Å²) in [7, 11) is 4.79. The smallest absolute Gasteiger partial charge is 0.238 e. The summed E-state index contributed by atoms with van der Waals surface area (Å²) in [5.41, 5.74) is 1.01. The molecule has 3 atom stereocenters. The molecule has 7 heteroatoms. The molecule has 2 fully saturated rings. The lowest BCUT2D eigenvalue weighted by Crippen LogP contribution is -2.56. The minimum Gasteiger partial charge on any atom is -0.493 e. The number of rotatable bonds is 7. The van der Waals surface area contributed by atoms with Crippen molar-refractivity contribution in [3.63, 3.8) is 0 Å². The number of nitrogens with one attached hydrogen (secondary N) is 1. The quantitative estimate of drug-likeness (QED) is 0.658. The van der Waals surface area contributed by atoms with Crippen LogP contribution < -0.4 is 19.5 Å². The number of hydrogen-bond acceptors (Lipinski definition) is 6. The van der Waals surface area contributed by atoms with Gasteiger partial charge in [0.05, 0.1) is 33.5 Å². The van der Waals surface area contributed by atoms with Gasteiger partial charge in [0.1, 0.15) is 0 Å². The number of nitrogens with zero attached hydrogens (tertiary/aromatic N) is 1. The summed E-state index contributed by atoms with van der Waals surface area (Å²) in [6, 6.07) is 13.2. The normalized spacial score (nSPS) is 25.1. The number of fused-ring (bicyclic) bond motifs is 1. The zero-order valence-electron chi connectivity index (χ0n) is 19.7. The van der Waals surface area contributed by atoms with E-state index in [9.17, 15) is 9.90 Å². The molecule has 1 heterocycles. The van der Waals surface area contributed by atoms with Crippen molar-refractivity contribution in [1.29, 1.82) is 0 Å². The fourth-order valence-corrected chi connectivity index (χ4v) is 5.54. The van der Waals surface area contributed by atoms with Crippen LogP contribution in [0.3, 0.4) is 0 Å². The predicted octanol–water partition coefficient (Wildman–Crippen LogP) is 4.02. The first-order valence-electron chi connectivity index (χ1n) is 11.6. The molecule has 1 saturated carbocycles. The molecular weight excluding hydrogens is 420 g/mol. The lowest BCUT2D eigenvalue weighted by molar-refractivity contribution is -0.135. The van der Waals surface area contributed by atoms with Crippen LogP contribution in [0.5, 0.6) is 17.2 Å². The number of hydrogen-bond donors (Lipinski definition) is 2. The van der Waals surface area contributed by atoms with Gasteiger partial charge >= 0.3 is 0 Å². The summed E-state index contributed by atoms with van der Waals surface area (Å²) in [4.78, 5) is 15.1. The highest BCUT2D eigenvalue weighted by atomic mass is 16.5. The molecule has 0 aromatic heterocycles. The largest absolute Gasteiger partial charge is 0.493 e. The summed E-state index contributed by atoms with van der Waals surface area (Å²) >= 11 is 0. The van der Waals surface area contributed by atoms with E-state index < -0.39 is 5.60 Å². The van der Waals surface area contributed by atoms with Crippen molar-refractivity contribution in [2.24, 2.45) is 5.92 Å². The Bertz CT molecular complexity index is 941. The molecule has 4 rings (SSSR count). The highest BCUT2D eigenvalue weighted by Crippen LogP contribution is 2.51. The van der Waals surface area contributed by atoms with Crippen LogP contribution in [0.4, 0.5) is 5.69 Å². The number of carbonyl (C=O) groups is 1. The van der Waals surface area contributed by atoms with Crippen molar-refractivity contribution in [3.8, 4) is 17.2 Å². The van der Waals surface area contributed by atoms with Crippen molar-refractivity contribution in [1.82, 2.24) is 4.90 Å². The van der Waals surface area contributed by atoms with Gasteiger partial charge in [-0.2, -0.15) is 0 Å². The second-order valence-electron chi connectivity index (χ2n) is 8.99. The maximum absolute atomic E-state index is 13.0. The Hall–Kier alpha value is -2.77. The minimum atomic E-state index is -0.726. The first kappa shape index (κ1) is 23.4. The standard InChI is InChI=1S/C26H34N2O5/c1-31-21-15-18(16-22(32-2)25(21)33-3)24-20-11-7-8-12-26(20,30)13-14-28(24)17-23(29)27-19-9-5-4-6-10-19/h4-6,9-10,15-16,20,24,30H,7-8,11-14,17H2,1-3H3,(H,27,29)/t20-,24-,26+/m0/s1. The van der Waals surface area contributed by atoms with Gasteiger partial charge in [-0.1, -0.05) is 31.0 Å². The van der Waals surface area contributed by atoms with Gasteiger partial charge in [-0.15, -0.1) is 0 Å². The van der Waals surface area contributed by atoms with Gasteiger partial charge in [0.15, 0.2) is 11.5 Å². The molecule has 0 bridgehead atoms. The van der Waals surface area contributed by atoms with Crippen LogP contribution in [-0.4, -0.2) is 55.9 Å². The molecule has 178 valence electrons. The third kappa shape index (κ3) is 4.80. The maximum atomic E-state index is 13.0. The van der Waals surface area contributed by atoms with Gasteiger partial charge < -0.3 is 24.6 Å². The molecule has 1 aliphatic heterocycles. The van der Waals surface area contributed by atoms with E-state index in [4.69, 9.17) is 14.2 Å². The molecule has 7 nitrogen and oxygen atoms in total. The average molecular weight is 455 g/mol. The lowest BCUT2D eigenvalue weighted by Gasteiger charge is -2.52. The van der Waals surface area contributed by atoms with E-state index in [1.165, 1.54) is 0 Å². The molecule has 2 aliphatic rings. The number of benzene rings is 2. The third-order valence-corrected chi connectivity index (χ3v) is 7.10. The Morgan fingerprint density at radius 2 is 1.76 bits per heavy atom. The molecule has 1 saturated heterocycles. The Kier molecular flexibility index (Phi) is 7.10. The fraction of sp³-hybridized carbons (Fsp3) is 0.500.